The zero-order chi connectivity index (χ0) is 33.6. The summed E-state index contributed by atoms with van der Waals surface area (Å²) < 4.78 is 8.81. The Hall–Kier alpha value is -3.59. The minimum atomic E-state index is -0.582. The number of Topliss-reactive ketones (excluding diaryl/α,β-unsaturated/α-hetero) is 1. The lowest BCUT2D eigenvalue weighted by Crippen LogP contribution is -2.51. The lowest BCUT2D eigenvalue weighted by Gasteiger charge is -2.33. The van der Waals surface area contributed by atoms with Crippen LogP contribution < -0.4 is 10.0 Å². The number of nitrogens with zero attached hydrogens (tertiary/aromatic N) is 2. The third-order valence-electron chi connectivity index (χ3n) is 9.28. The summed E-state index contributed by atoms with van der Waals surface area (Å²) in [5, 5.41) is 6.84. The summed E-state index contributed by atoms with van der Waals surface area (Å²) in [5.74, 6) is 0.615. The summed E-state index contributed by atoms with van der Waals surface area (Å²) in [6, 6.07) is 13.9. The number of ketones is 1. The zero-order valence-electron chi connectivity index (χ0n) is 28.7. The van der Waals surface area contributed by atoms with Crippen LogP contribution in [0.2, 0.25) is 0 Å². The van der Waals surface area contributed by atoms with Gasteiger partial charge < -0.3 is 14.7 Å². The maximum atomic E-state index is 13.6. The smallest absolute Gasteiger partial charge is 0.242 e. The van der Waals surface area contributed by atoms with Gasteiger partial charge in [-0.2, -0.15) is 0 Å². The highest BCUT2D eigenvalue weighted by Crippen LogP contribution is 2.42. The van der Waals surface area contributed by atoms with Gasteiger partial charge >= 0.3 is 0 Å². The summed E-state index contributed by atoms with van der Waals surface area (Å²) in [4.78, 5) is 42.8. The number of carbonyl (C=O) groups excluding carboxylic acids is 3. The van der Waals surface area contributed by atoms with Crippen LogP contribution in [-0.2, 0) is 27.3 Å². The number of unbranched alkanes of at least 4 members (excludes halogenated alkanes) is 1. The fourth-order valence-electron chi connectivity index (χ4n) is 6.33. The van der Waals surface area contributed by atoms with E-state index in [1.807, 2.05) is 53.7 Å². The van der Waals surface area contributed by atoms with Crippen molar-refractivity contribution in [2.75, 3.05) is 11.8 Å². The highest BCUT2D eigenvalue weighted by molar-refractivity contribution is 8.00. The van der Waals surface area contributed by atoms with E-state index in [0.717, 1.165) is 64.1 Å². The van der Waals surface area contributed by atoms with E-state index in [4.69, 9.17) is 4.52 Å². The Labute approximate surface area is 278 Å². The molecule has 1 fully saturated rings. The molecule has 0 aliphatic heterocycles. The molecule has 2 atom stereocenters. The number of aryl methyl sites for hydroxylation is 1. The number of aromatic nitrogens is 1. The standard InChI is InChI=1S/C37H50N4O4S/c1-9-10-15-32(42)41(33(23(2)3)35(44)38-8)22-26-16-17-29(28(20-26)21-27-18-19-37(6,7)34(27)43)30-13-11-12-14-31(30)46-40-36-24(4)25(5)39-45-36/h11-14,16-17,20,23,27,33,40H,9-10,15,18-19,21-22H2,1-8H3,(H,38,44). The van der Waals surface area contributed by atoms with Gasteiger partial charge in [0.05, 0.1) is 5.69 Å². The summed E-state index contributed by atoms with van der Waals surface area (Å²) >= 11 is 1.47. The van der Waals surface area contributed by atoms with Crippen LogP contribution in [0.5, 0.6) is 0 Å². The molecule has 0 spiro atoms. The number of anilines is 1. The van der Waals surface area contributed by atoms with Gasteiger partial charge in [-0.1, -0.05) is 82.6 Å². The lowest BCUT2D eigenvalue weighted by atomic mass is 9.85. The molecule has 1 aliphatic rings. The van der Waals surface area contributed by atoms with Crippen molar-refractivity contribution in [3.05, 3.63) is 64.8 Å². The largest absolute Gasteiger partial charge is 0.357 e. The van der Waals surface area contributed by atoms with E-state index in [1.54, 1.807) is 11.9 Å². The predicted molar refractivity (Wildman–Crippen MR) is 185 cm³/mol. The predicted octanol–water partition coefficient (Wildman–Crippen LogP) is 7.91. The van der Waals surface area contributed by atoms with Crippen LogP contribution in [-0.4, -0.2) is 40.7 Å². The molecule has 2 N–H and O–H groups in total. The summed E-state index contributed by atoms with van der Waals surface area (Å²) in [7, 11) is 1.62. The Morgan fingerprint density at radius 3 is 2.48 bits per heavy atom. The Morgan fingerprint density at radius 1 is 1.13 bits per heavy atom. The molecule has 0 bridgehead atoms. The van der Waals surface area contributed by atoms with Crippen LogP contribution in [0.3, 0.4) is 0 Å². The molecular formula is C37H50N4O4S. The number of nitrogens with one attached hydrogen (secondary N) is 2. The lowest BCUT2D eigenvalue weighted by molar-refractivity contribution is -0.142. The molecule has 1 aliphatic carbocycles. The van der Waals surface area contributed by atoms with Gasteiger partial charge in [0.15, 0.2) is 0 Å². The van der Waals surface area contributed by atoms with Crippen molar-refractivity contribution in [1.82, 2.24) is 15.4 Å². The SMILES string of the molecule is CCCCC(=O)N(Cc1ccc(-c2ccccc2SNc2onc(C)c2C)c(CC2CCC(C)(C)C2=O)c1)C(C(=O)NC)C(C)C. The van der Waals surface area contributed by atoms with Crippen LogP contribution in [0.15, 0.2) is 51.9 Å². The van der Waals surface area contributed by atoms with Crippen LogP contribution in [0, 0.1) is 31.1 Å². The van der Waals surface area contributed by atoms with Crippen molar-refractivity contribution in [2.24, 2.45) is 17.3 Å². The number of amides is 2. The molecule has 1 aromatic heterocycles. The monoisotopic (exact) mass is 646 g/mol. The molecule has 2 aromatic carbocycles. The van der Waals surface area contributed by atoms with E-state index in [2.05, 4.69) is 52.5 Å². The van der Waals surface area contributed by atoms with Gasteiger partial charge in [0.2, 0.25) is 17.7 Å². The van der Waals surface area contributed by atoms with Gasteiger partial charge in [-0.05, 0) is 85.7 Å². The highest BCUT2D eigenvalue weighted by Gasteiger charge is 2.40. The van der Waals surface area contributed by atoms with Crippen molar-refractivity contribution in [1.29, 1.82) is 0 Å². The number of benzene rings is 2. The second-order valence-electron chi connectivity index (χ2n) is 13.5. The van der Waals surface area contributed by atoms with Crippen LogP contribution in [0.1, 0.15) is 89.1 Å². The van der Waals surface area contributed by atoms with Crippen LogP contribution in [0.4, 0.5) is 5.88 Å². The number of carbonyl (C=O) groups is 3. The van der Waals surface area contributed by atoms with Gasteiger partial charge in [0.1, 0.15) is 11.8 Å². The summed E-state index contributed by atoms with van der Waals surface area (Å²) in [6.07, 6.45) is 4.41. The number of hydrogen-bond donors (Lipinski definition) is 2. The fourth-order valence-corrected chi connectivity index (χ4v) is 7.16. The molecule has 248 valence electrons. The maximum Gasteiger partial charge on any atom is 0.242 e. The third kappa shape index (κ3) is 8.03. The molecule has 46 heavy (non-hydrogen) atoms. The molecule has 8 nitrogen and oxygen atoms in total. The molecule has 1 heterocycles. The first-order chi connectivity index (χ1) is 21.9. The summed E-state index contributed by atoms with van der Waals surface area (Å²) in [5.41, 5.74) is 5.58. The van der Waals surface area contributed by atoms with E-state index in [1.165, 1.54) is 11.9 Å². The van der Waals surface area contributed by atoms with E-state index < -0.39 is 6.04 Å². The Kier molecular flexibility index (Phi) is 11.8. The number of rotatable bonds is 14. The number of likely N-dealkylation sites (N-methyl/N-ethyl adjacent to an activating group) is 1. The molecule has 2 unspecified atom stereocenters. The molecule has 9 heteroatoms. The topological polar surface area (TPSA) is 105 Å². The molecule has 2 amide bonds. The second-order valence-corrected chi connectivity index (χ2v) is 14.4. The van der Waals surface area contributed by atoms with Crippen LogP contribution in [0.25, 0.3) is 11.1 Å². The van der Waals surface area contributed by atoms with Gasteiger partial charge in [-0.3, -0.25) is 19.1 Å². The van der Waals surface area contributed by atoms with Gasteiger partial charge in [-0.15, -0.1) is 0 Å². The zero-order valence-corrected chi connectivity index (χ0v) is 29.5. The molecule has 4 rings (SSSR count). The van der Waals surface area contributed by atoms with E-state index in [9.17, 15) is 14.4 Å². The Balaban J connectivity index is 1.75. The van der Waals surface area contributed by atoms with Gasteiger partial charge in [-0.25, -0.2) is 0 Å². The fraction of sp³-hybridized carbons (Fsp3) is 0.514. The molecule has 0 saturated heterocycles. The van der Waals surface area contributed by atoms with E-state index in [0.29, 0.717) is 31.1 Å². The first kappa shape index (κ1) is 35.3. The quantitative estimate of drug-likeness (QED) is 0.172. The van der Waals surface area contributed by atoms with E-state index in [-0.39, 0.29) is 29.1 Å². The average Bonchev–Trinajstić information content (AvgIpc) is 3.49. The third-order valence-corrected chi connectivity index (χ3v) is 10.1. The number of hydrogen-bond acceptors (Lipinski definition) is 7. The highest BCUT2D eigenvalue weighted by atomic mass is 32.2. The Morgan fingerprint density at radius 2 is 1.87 bits per heavy atom. The minimum Gasteiger partial charge on any atom is -0.357 e. The normalized spacial score (nSPS) is 16.5. The Bertz CT molecular complexity index is 1550. The first-order valence-electron chi connectivity index (χ1n) is 16.5. The minimum absolute atomic E-state index is 0.0201. The molecule has 1 saturated carbocycles. The first-order valence-corrected chi connectivity index (χ1v) is 17.3. The average molecular weight is 647 g/mol. The van der Waals surface area contributed by atoms with Crippen molar-refractivity contribution in [3.8, 4) is 11.1 Å². The van der Waals surface area contributed by atoms with E-state index >= 15 is 0 Å². The van der Waals surface area contributed by atoms with Crippen molar-refractivity contribution < 1.29 is 18.9 Å². The van der Waals surface area contributed by atoms with Gasteiger partial charge in [0.25, 0.3) is 0 Å². The second kappa shape index (κ2) is 15.3. The van der Waals surface area contributed by atoms with Gasteiger partial charge in [0, 0.05) is 41.8 Å². The molecule has 3 aromatic rings. The van der Waals surface area contributed by atoms with Crippen LogP contribution >= 0.6 is 11.9 Å². The van der Waals surface area contributed by atoms with Crippen molar-refractivity contribution in [2.45, 2.75) is 104 Å². The van der Waals surface area contributed by atoms with Crippen molar-refractivity contribution >= 4 is 35.4 Å². The maximum absolute atomic E-state index is 13.6. The molecular weight excluding hydrogens is 596 g/mol. The summed E-state index contributed by atoms with van der Waals surface area (Å²) in [6.45, 7) is 14.3. The molecule has 0 radical (unpaired) electrons. The van der Waals surface area contributed by atoms with Crippen molar-refractivity contribution in [3.63, 3.8) is 0 Å².